The molecular formula is C23H21F2N3O. The zero-order valence-corrected chi connectivity index (χ0v) is 15.8. The highest BCUT2D eigenvalue weighted by atomic mass is 19.1. The highest BCUT2D eigenvalue weighted by molar-refractivity contribution is 5.94. The van der Waals surface area contributed by atoms with Crippen LogP contribution in [0.25, 0.3) is 0 Å². The number of nitrogens with zero attached hydrogens (tertiary/aromatic N) is 3. The van der Waals surface area contributed by atoms with Crippen LogP contribution in [0.5, 0.6) is 0 Å². The molecule has 2 atom stereocenters. The van der Waals surface area contributed by atoms with Crippen LogP contribution < -0.4 is 0 Å². The summed E-state index contributed by atoms with van der Waals surface area (Å²) in [5, 5.41) is 0. The molecule has 148 valence electrons. The van der Waals surface area contributed by atoms with Crippen molar-refractivity contribution < 1.29 is 13.6 Å². The maximum atomic E-state index is 13.6. The van der Waals surface area contributed by atoms with Crippen molar-refractivity contribution in [3.8, 4) is 0 Å². The van der Waals surface area contributed by atoms with Gasteiger partial charge in [-0.2, -0.15) is 0 Å². The highest BCUT2D eigenvalue weighted by Crippen LogP contribution is 2.35. The number of rotatable bonds is 4. The van der Waals surface area contributed by atoms with Crippen molar-refractivity contribution >= 4 is 5.91 Å². The summed E-state index contributed by atoms with van der Waals surface area (Å²) in [5.41, 5.74) is 2.51. The summed E-state index contributed by atoms with van der Waals surface area (Å²) in [5.74, 6) is -0.527. The monoisotopic (exact) mass is 393 g/mol. The van der Waals surface area contributed by atoms with E-state index in [0.29, 0.717) is 25.3 Å². The van der Waals surface area contributed by atoms with Gasteiger partial charge in [0.25, 0.3) is 5.91 Å². The fraction of sp³-hybridized carbons (Fsp3) is 0.261. The van der Waals surface area contributed by atoms with Crippen LogP contribution in [0.2, 0.25) is 0 Å². The summed E-state index contributed by atoms with van der Waals surface area (Å²) < 4.78 is 28.9. The van der Waals surface area contributed by atoms with Crippen LogP contribution in [-0.4, -0.2) is 39.4 Å². The second-order valence-electron chi connectivity index (χ2n) is 7.82. The molecule has 3 heterocycles. The summed E-state index contributed by atoms with van der Waals surface area (Å²) in [6.45, 7) is 2.58. The quantitative estimate of drug-likeness (QED) is 0.674. The average molecular weight is 393 g/mol. The van der Waals surface area contributed by atoms with Crippen molar-refractivity contribution in [3.05, 3.63) is 95.3 Å². The minimum atomic E-state index is -0.285. The van der Waals surface area contributed by atoms with Crippen molar-refractivity contribution in [3.63, 3.8) is 0 Å². The maximum absolute atomic E-state index is 13.6. The van der Waals surface area contributed by atoms with Gasteiger partial charge in [-0.15, -0.1) is 0 Å². The molecule has 3 aromatic rings. The maximum Gasteiger partial charge on any atom is 0.271 e. The first-order valence-corrected chi connectivity index (χ1v) is 9.77. The van der Waals surface area contributed by atoms with E-state index in [2.05, 4.69) is 9.47 Å². The Morgan fingerprint density at radius 1 is 0.828 bits per heavy atom. The van der Waals surface area contributed by atoms with E-state index in [9.17, 15) is 13.6 Å². The standard InChI is InChI=1S/C23H21F2N3O/c24-18-8-6-16(7-9-18)13-28-22-15-26(12-17-3-1-4-19(25)11-17)14-21(22)27-10-2-5-20(27)23(28)29/h1-11,21-22H,12-15H2/t21-,22+/m0/s1. The van der Waals surface area contributed by atoms with Crippen LogP contribution in [-0.2, 0) is 13.1 Å². The average Bonchev–Trinajstić information content (AvgIpc) is 3.34. The first kappa shape index (κ1) is 18.1. The second-order valence-corrected chi connectivity index (χ2v) is 7.82. The third kappa shape index (κ3) is 3.34. The van der Waals surface area contributed by atoms with E-state index in [1.807, 2.05) is 29.3 Å². The zero-order valence-electron chi connectivity index (χ0n) is 15.8. The predicted molar refractivity (Wildman–Crippen MR) is 105 cm³/mol. The molecule has 0 saturated carbocycles. The number of amides is 1. The Hall–Kier alpha value is -2.99. The Kier molecular flexibility index (Phi) is 4.43. The molecule has 2 aromatic carbocycles. The van der Waals surface area contributed by atoms with E-state index < -0.39 is 0 Å². The van der Waals surface area contributed by atoms with Crippen molar-refractivity contribution in [2.45, 2.75) is 25.2 Å². The lowest BCUT2D eigenvalue weighted by Gasteiger charge is -2.38. The molecule has 6 heteroatoms. The van der Waals surface area contributed by atoms with Gasteiger partial charge in [-0.3, -0.25) is 9.69 Å². The Balaban J connectivity index is 1.42. The summed E-state index contributed by atoms with van der Waals surface area (Å²) in [6, 6.07) is 16.9. The summed E-state index contributed by atoms with van der Waals surface area (Å²) in [6.07, 6.45) is 1.96. The Bertz CT molecular complexity index is 1050. The molecule has 1 fully saturated rings. The lowest BCUT2D eigenvalue weighted by atomic mass is 10.0. The zero-order chi connectivity index (χ0) is 20.0. The Morgan fingerprint density at radius 2 is 1.62 bits per heavy atom. The van der Waals surface area contributed by atoms with Gasteiger partial charge in [-0.1, -0.05) is 24.3 Å². The van der Waals surface area contributed by atoms with Crippen LogP contribution in [0.1, 0.15) is 27.7 Å². The molecular weight excluding hydrogens is 372 g/mol. The van der Waals surface area contributed by atoms with Gasteiger partial charge < -0.3 is 9.47 Å². The number of fused-ring (bicyclic) bond motifs is 3. The highest BCUT2D eigenvalue weighted by Gasteiger charge is 2.44. The third-order valence-corrected chi connectivity index (χ3v) is 5.91. The minimum Gasteiger partial charge on any atom is -0.337 e. The molecule has 1 aromatic heterocycles. The second kappa shape index (κ2) is 7.12. The number of hydrogen-bond donors (Lipinski definition) is 0. The van der Waals surface area contributed by atoms with Gasteiger partial charge in [0.15, 0.2) is 0 Å². The van der Waals surface area contributed by atoms with Crippen molar-refractivity contribution in [2.24, 2.45) is 0 Å². The van der Waals surface area contributed by atoms with E-state index in [4.69, 9.17) is 0 Å². The number of halogens is 2. The molecule has 5 rings (SSSR count). The van der Waals surface area contributed by atoms with E-state index >= 15 is 0 Å². The fourth-order valence-corrected chi connectivity index (χ4v) is 4.59. The van der Waals surface area contributed by atoms with Gasteiger partial charge in [0.2, 0.25) is 0 Å². The van der Waals surface area contributed by atoms with E-state index in [1.54, 1.807) is 24.3 Å². The summed E-state index contributed by atoms with van der Waals surface area (Å²) in [4.78, 5) is 17.3. The Morgan fingerprint density at radius 3 is 2.41 bits per heavy atom. The molecule has 0 bridgehead atoms. The van der Waals surface area contributed by atoms with Gasteiger partial charge in [-0.05, 0) is 47.5 Å². The molecule has 4 nitrogen and oxygen atoms in total. The molecule has 1 saturated heterocycles. The molecule has 0 aliphatic carbocycles. The molecule has 1 amide bonds. The lowest BCUT2D eigenvalue weighted by Crippen LogP contribution is -2.49. The van der Waals surface area contributed by atoms with E-state index in [0.717, 1.165) is 17.7 Å². The smallest absolute Gasteiger partial charge is 0.271 e. The third-order valence-electron chi connectivity index (χ3n) is 5.91. The van der Waals surface area contributed by atoms with Crippen LogP contribution in [0, 0.1) is 11.6 Å². The molecule has 2 aliphatic heterocycles. The number of hydrogen-bond acceptors (Lipinski definition) is 2. The van der Waals surface area contributed by atoms with Crippen LogP contribution in [0.3, 0.4) is 0 Å². The number of likely N-dealkylation sites (tertiary alicyclic amines) is 1. The Labute approximate surface area is 168 Å². The fourth-order valence-electron chi connectivity index (χ4n) is 4.59. The van der Waals surface area contributed by atoms with Gasteiger partial charge in [0, 0.05) is 32.4 Å². The number of benzene rings is 2. The van der Waals surface area contributed by atoms with Crippen LogP contribution in [0.4, 0.5) is 8.78 Å². The predicted octanol–water partition coefficient (Wildman–Crippen LogP) is 3.85. The van der Waals surface area contributed by atoms with Crippen molar-refractivity contribution in [1.29, 1.82) is 0 Å². The molecule has 2 aliphatic rings. The molecule has 29 heavy (non-hydrogen) atoms. The number of carbonyl (C=O) groups excluding carboxylic acids is 1. The SMILES string of the molecule is O=C1c2cccn2[C@H]2CN(Cc3cccc(F)c3)C[C@H]2N1Cc1ccc(F)cc1. The van der Waals surface area contributed by atoms with E-state index in [-0.39, 0.29) is 29.6 Å². The van der Waals surface area contributed by atoms with Gasteiger partial charge in [0.05, 0.1) is 12.1 Å². The first-order valence-electron chi connectivity index (χ1n) is 9.77. The van der Waals surface area contributed by atoms with Gasteiger partial charge >= 0.3 is 0 Å². The molecule has 0 radical (unpaired) electrons. The topological polar surface area (TPSA) is 28.5 Å². The van der Waals surface area contributed by atoms with Crippen molar-refractivity contribution in [2.75, 3.05) is 13.1 Å². The lowest BCUT2D eigenvalue weighted by molar-refractivity contribution is 0.0556. The van der Waals surface area contributed by atoms with Gasteiger partial charge in [-0.25, -0.2) is 8.78 Å². The largest absolute Gasteiger partial charge is 0.337 e. The molecule has 0 N–H and O–H groups in total. The van der Waals surface area contributed by atoms with Crippen molar-refractivity contribution in [1.82, 2.24) is 14.4 Å². The van der Waals surface area contributed by atoms with Gasteiger partial charge in [0.1, 0.15) is 17.3 Å². The molecule has 0 unspecified atom stereocenters. The first-order chi connectivity index (χ1) is 14.1. The normalized spacial score (nSPS) is 21.3. The van der Waals surface area contributed by atoms with E-state index in [1.165, 1.54) is 18.2 Å². The summed E-state index contributed by atoms with van der Waals surface area (Å²) >= 11 is 0. The van der Waals surface area contributed by atoms with Crippen LogP contribution >= 0.6 is 0 Å². The summed E-state index contributed by atoms with van der Waals surface area (Å²) in [7, 11) is 0. The number of aromatic nitrogens is 1. The molecule has 0 spiro atoms. The number of carbonyl (C=O) groups is 1. The minimum absolute atomic E-state index is 0.00631. The van der Waals surface area contributed by atoms with Crippen LogP contribution in [0.15, 0.2) is 66.9 Å².